The van der Waals surface area contributed by atoms with Crippen molar-refractivity contribution in [1.29, 1.82) is 0 Å². The van der Waals surface area contributed by atoms with E-state index in [4.69, 9.17) is 5.11 Å². The summed E-state index contributed by atoms with van der Waals surface area (Å²) in [5.74, 6) is -1.37. The second-order valence-corrected chi connectivity index (χ2v) is 4.97. The van der Waals surface area contributed by atoms with E-state index in [0.29, 0.717) is 12.0 Å². The topological polar surface area (TPSA) is 78.4 Å². The quantitative estimate of drug-likeness (QED) is 0.724. The minimum Gasteiger partial charge on any atom is -0.481 e. The number of urea groups is 1. The minimum absolute atomic E-state index is 0.0135. The lowest BCUT2D eigenvalue weighted by atomic mass is 10.0. The molecule has 1 aromatic rings. The van der Waals surface area contributed by atoms with Crippen molar-refractivity contribution in [3.63, 3.8) is 0 Å². The highest BCUT2D eigenvalue weighted by molar-refractivity contribution is 5.74. The molecule has 5 nitrogen and oxygen atoms in total. The maximum absolute atomic E-state index is 13.6. The molecule has 0 aliphatic heterocycles. The van der Waals surface area contributed by atoms with Gasteiger partial charge in [-0.05, 0) is 18.9 Å². The number of aliphatic carboxylic acids is 1. The van der Waals surface area contributed by atoms with Crippen molar-refractivity contribution in [2.45, 2.75) is 32.7 Å². The van der Waals surface area contributed by atoms with Gasteiger partial charge in [-0.15, -0.1) is 0 Å². The number of nitrogens with one attached hydrogen (secondary N) is 2. The van der Waals surface area contributed by atoms with Gasteiger partial charge in [0.1, 0.15) is 5.82 Å². The van der Waals surface area contributed by atoms with Crippen LogP contribution in [-0.4, -0.2) is 23.7 Å². The number of carbonyl (C=O) groups is 2. The van der Waals surface area contributed by atoms with Crippen LogP contribution in [0, 0.1) is 11.7 Å². The Hall–Kier alpha value is -2.11. The monoisotopic (exact) mass is 296 g/mol. The molecule has 0 aliphatic carbocycles. The van der Waals surface area contributed by atoms with E-state index in [1.165, 1.54) is 6.07 Å². The largest absolute Gasteiger partial charge is 0.481 e. The van der Waals surface area contributed by atoms with Crippen molar-refractivity contribution >= 4 is 12.0 Å². The summed E-state index contributed by atoms with van der Waals surface area (Å²) < 4.78 is 13.6. The molecule has 2 unspecified atom stereocenters. The van der Waals surface area contributed by atoms with E-state index in [-0.39, 0.29) is 24.7 Å². The molecule has 0 aliphatic rings. The van der Waals surface area contributed by atoms with Gasteiger partial charge >= 0.3 is 12.0 Å². The van der Waals surface area contributed by atoms with Crippen LogP contribution in [0.1, 0.15) is 38.3 Å². The Morgan fingerprint density at radius 3 is 2.57 bits per heavy atom. The van der Waals surface area contributed by atoms with Crippen LogP contribution in [-0.2, 0) is 4.79 Å². The summed E-state index contributed by atoms with van der Waals surface area (Å²) in [5.41, 5.74) is 0.408. The Bertz CT molecular complexity index is 494. The van der Waals surface area contributed by atoms with Gasteiger partial charge < -0.3 is 15.7 Å². The Morgan fingerprint density at radius 2 is 2.00 bits per heavy atom. The van der Waals surface area contributed by atoms with Crippen molar-refractivity contribution in [3.05, 3.63) is 35.6 Å². The van der Waals surface area contributed by atoms with Crippen molar-refractivity contribution in [2.75, 3.05) is 6.54 Å². The first-order valence-corrected chi connectivity index (χ1v) is 6.94. The van der Waals surface area contributed by atoms with Crippen molar-refractivity contribution in [2.24, 2.45) is 5.92 Å². The molecule has 0 saturated heterocycles. The maximum Gasteiger partial charge on any atom is 0.315 e. The predicted octanol–water partition coefficient (Wildman–Crippen LogP) is 2.69. The van der Waals surface area contributed by atoms with Gasteiger partial charge in [0.2, 0.25) is 0 Å². The van der Waals surface area contributed by atoms with Gasteiger partial charge in [-0.3, -0.25) is 4.79 Å². The summed E-state index contributed by atoms with van der Waals surface area (Å²) in [6.45, 7) is 3.83. The molecule has 2 amide bonds. The molecule has 1 aromatic carbocycles. The fraction of sp³-hybridized carbons (Fsp3) is 0.467. The zero-order valence-corrected chi connectivity index (χ0v) is 12.2. The Kier molecular flexibility index (Phi) is 6.65. The number of benzene rings is 1. The van der Waals surface area contributed by atoms with Gasteiger partial charge in [0.25, 0.3) is 0 Å². The lowest BCUT2D eigenvalue weighted by Gasteiger charge is -2.18. The fourth-order valence-electron chi connectivity index (χ4n) is 2.00. The molecule has 0 heterocycles. The lowest BCUT2D eigenvalue weighted by molar-refractivity contribution is -0.138. The summed E-state index contributed by atoms with van der Waals surface area (Å²) in [7, 11) is 0. The summed E-state index contributed by atoms with van der Waals surface area (Å²) in [6, 6.07) is 5.34. The number of hydrogen-bond acceptors (Lipinski definition) is 2. The SMILES string of the molecule is CCC(CNC(=O)NC(C)c1ccccc1F)CC(=O)O. The molecule has 6 heteroatoms. The first-order chi connectivity index (χ1) is 9.93. The van der Waals surface area contributed by atoms with Gasteiger partial charge in [0.05, 0.1) is 6.04 Å². The molecule has 2 atom stereocenters. The standard InChI is InChI=1S/C15H21FN2O3/c1-3-11(8-14(19)20)9-17-15(21)18-10(2)12-6-4-5-7-13(12)16/h4-7,10-11H,3,8-9H2,1-2H3,(H,19,20)(H2,17,18,21). The van der Waals surface area contributed by atoms with Crippen LogP contribution >= 0.6 is 0 Å². The highest BCUT2D eigenvalue weighted by atomic mass is 19.1. The Balaban J connectivity index is 2.46. The molecule has 116 valence electrons. The van der Waals surface area contributed by atoms with E-state index >= 15 is 0 Å². The zero-order valence-electron chi connectivity index (χ0n) is 12.2. The molecule has 1 rings (SSSR count). The predicted molar refractivity (Wildman–Crippen MR) is 77.4 cm³/mol. The molecular formula is C15H21FN2O3. The third-order valence-corrected chi connectivity index (χ3v) is 3.31. The van der Waals surface area contributed by atoms with Crippen molar-refractivity contribution in [3.8, 4) is 0 Å². The first kappa shape index (κ1) is 16.9. The minimum atomic E-state index is -0.885. The van der Waals surface area contributed by atoms with Gasteiger partial charge in [-0.1, -0.05) is 31.5 Å². The van der Waals surface area contributed by atoms with E-state index in [2.05, 4.69) is 10.6 Å². The van der Waals surface area contributed by atoms with Crippen LogP contribution in [0.5, 0.6) is 0 Å². The number of carbonyl (C=O) groups excluding carboxylic acids is 1. The van der Waals surface area contributed by atoms with E-state index in [9.17, 15) is 14.0 Å². The third-order valence-electron chi connectivity index (χ3n) is 3.31. The summed E-state index contributed by atoms with van der Waals surface area (Å²) >= 11 is 0. The molecule has 0 radical (unpaired) electrons. The van der Waals surface area contributed by atoms with Crippen LogP contribution in [0.4, 0.5) is 9.18 Å². The molecule has 0 spiro atoms. The van der Waals surface area contributed by atoms with E-state index < -0.39 is 18.0 Å². The van der Waals surface area contributed by atoms with Crippen LogP contribution in [0.15, 0.2) is 24.3 Å². The molecule has 3 N–H and O–H groups in total. The molecule has 0 bridgehead atoms. The number of amides is 2. The van der Waals surface area contributed by atoms with Gasteiger partial charge in [-0.25, -0.2) is 9.18 Å². The molecule has 0 aromatic heterocycles. The summed E-state index contributed by atoms with van der Waals surface area (Å²) in [5, 5.41) is 14.0. The lowest BCUT2D eigenvalue weighted by Crippen LogP contribution is -2.39. The average molecular weight is 296 g/mol. The van der Waals surface area contributed by atoms with Crippen LogP contribution in [0.3, 0.4) is 0 Å². The van der Waals surface area contributed by atoms with Crippen molar-refractivity contribution in [1.82, 2.24) is 10.6 Å². The summed E-state index contributed by atoms with van der Waals surface area (Å²) in [6.07, 6.45) is 0.676. The fourth-order valence-corrected chi connectivity index (χ4v) is 2.00. The Labute approximate surface area is 123 Å². The number of hydrogen-bond donors (Lipinski definition) is 3. The normalized spacial score (nSPS) is 13.3. The third kappa shape index (κ3) is 5.81. The zero-order chi connectivity index (χ0) is 15.8. The van der Waals surface area contributed by atoms with E-state index in [1.807, 2.05) is 6.92 Å². The van der Waals surface area contributed by atoms with Crippen LogP contribution < -0.4 is 10.6 Å². The second-order valence-electron chi connectivity index (χ2n) is 4.97. The number of carboxylic acid groups (broad SMARTS) is 1. The smallest absolute Gasteiger partial charge is 0.315 e. The van der Waals surface area contributed by atoms with Gasteiger partial charge in [0, 0.05) is 18.5 Å². The van der Waals surface area contributed by atoms with E-state index in [1.54, 1.807) is 25.1 Å². The van der Waals surface area contributed by atoms with E-state index in [0.717, 1.165) is 0 Å². The molecule has 0 saturated carbocycles. The number of rotatable bonds is 7. The molecule has 0 fully saturated rings. The molecular weight excluding hydrogens is 275 g/mol. The Morgan fingerprint density at radius 1 is 1.33 bits per heavy atom. The number of carboxylic acids is 1. The average Bonchev–Trinajstić information content (AvgIpc) is 2.43. The van der Waals surface area contributed by atoms with Crippen LogP contribution in [0.2, 0.25) is 0 Å². The summed E-state index contributed by atoms with van der Waals surface area (Å²) in [4.78, 5) is 22.4. The van der Waals surface area contributed by atoms with Crippen molar-refractivity contribution < 1.29 is 19.1 Å². The highest BCUT2D eigenvalue weighted by Gasteiger charge is 2.15. The first-order valence-electron chi connectivity index (χ1n) is 6.94. The van der Waals surface area contributed by atoms with Gasteiger partial charge in [-0.2, -0.15) is 0 Å². The van der Waals surface area contributed by atoms with Crippen LogP contribution in [0.25, 0.3) is 0 Å². The molecule has 21 heavy (non-hydrogen) atoms. The van der Waals surface area contributed by atoms with Gasteiger partial charge in [0.15, 0.2) is 0 Å². The highest BCUT2D eigenvalue weighted by Crippen LogP contribution is 2.15. The number of halogens is 1. The second kappa shape index (κ2) is 8.24. The maximum atomic E-state index is 13.6.